The fourth-order valence-corrected chi connectivity index (χ4v) is 4.89. The van der Waals surface area contributed by atoms with Crippen molar-refractivity contribution in [3.8, 4) is 5.75 Å². The van der Waals surface area contributed by atoms with Gasteiger partial charge in [0.2, 0.25) is 0 Å². The molecule has 0 spiro atoms. The number of carbonyl (C=O) groups is 1. The van der Waals surface area contributed by atoms with E-state index in [9.17, 15) is 4.79 Å². The number of carbonyl (C=O) groups excluding carboxylic acids is 1. The molecule has 1 aliphatic carbocycles. The summed E-state index contributed by atoms with van der Waals surface area (Å²) in [4.78, 5) is 18.5. The van der Waals surface area contributed by atoms with Gasteiger partial charge in [0.15, 0.2) is 0 Å². The van der Waals surface area contributed by atoms with Crippen molar-refractivity contribution < 1.29 is 14.3 Å². The molecule has 1 saturated carbocycles. The minimum Gasteiger partial charge on any atom is -0.493 e. The highest BCUT2D eigenvalue weighted by Crippen LogP contribution is 2.40. The van der Waals surface area contributed by atoms with Crippen LogP contribution in [0.3, 0.4) is 0 Å². The normalized spacial score (nSPS) is 16.9. The van der Waals surface area contributed by atoms with Crippen molar-refractivity contribution >= 4 is 17.3 Å². The Morgan fingerprint density at radius 3 is 2.65 bits per heavy atom. The van der Waals surface area contributed by atoms with Crippen LogP contribution < -0.4 is 9.64 Å². The first kappa shape index (κ1) is 22.5. The predicted molar refractivity (Wildman–Crippen MR) is 134 cm³/mol. The Morgan fingerprint density at radius 2 is 1.88 bits per heavy atom. The highest BCUT2D eigenvalue weighted by Gasteiger charge is 2.24. The molecule has 2 aliphatic rings. The molecule has 2 aromatic carbocycles. The van der Waals surface area contributed by atoms with Gasteiger partial charge < -0.3 is 14.4 Å². The Bertz CT molecular complexity index is 1150. The van der Waals surface area contributed by atoms with Crippen LogP contribution in [-0.4, -0.2) is 31.7 Å². The summed E-state index contributed by atoms with van der Waals surface area (Å²) in [5.41, 5.74) is 6.51. The van der Waals surface area contributed by atoms with E-state index < -0.39 is 0 Å². The zero-order valence-corrected chi connectivity index (χ0v) is 20.0. The van der Waals surface area contributed by atoms with Crippen molar-refractivity contribution in [2.75, 3.05) is 25.7 Å². The monoisotopic (exact) mass is 456 g/mol. The fraction of sp³-hybridized carbons (Fsp3) is 0.379. The maximum atomic E-state index is 12.1. The van der Waals surface area contributed by atoms with Crippen molar-refractivity contribution in [2.45, 2.75) is 44.4 Å². The van der Waals surface area contributed by atoms with Gasteiger partial charge in [-0.3, -0.25) is 4.98 Å². The summed E-state index contributed by atoms with van der Waals surface area (Å²) in [6.07, 6.45) is 10.1. The van der Waals surface area contributed by atoms with Crippen LogP contribution >= 0.6 is 0 Å². The van der Waals surface area contributed by atoms with Crippen LogP contribution in [0.4, 0.5) is 11.4 Å². The molecule has 1 aliphatic heterocycles. The van der Waals surface area contributed by atoms with Crippen molar-refractivity contribution in [3.63, 3.8) is 0 Å². The molecule has 176 valence electrons. The lowest BCUT2D eigenvalue weighted by Gasteiger charge is -2.28. The number of fused-ring (bicyclic) bond motifs is 1. The second-order valence-corrected chi connectivity index (χ2v) is 9.49. The molecule has 2 heterocycles. The van der Waals surface area contributed by atoms with Crippen molar-refractivity contribution in [1.82, 2.24) is 4.98 Å². The van der Waals surface area contributed by atoms with E-state index in [1.54, 1.807) is 18.5 Å². The van der Waals surface area contributed by atoms with E-state index in [-0.39, 0.29) is 5.97 Å². The van der Waals surface area contributed by atoms with Gasteiger partial charge in [0.05, 0.1) is 19.3 Å². The molecule has 1 atom stereocenters. The molecular formula is C29H32N2O3. The SMILES string of the molecule is COC(=O)c1ccncc1CC[C@@H]1CCOc2cc(N(C)c3ccc(CC4CC4)cc3)ccc21. The molecule has 0 saturated heterocycles. The topological polar surface area (TPSA) is 51.7 Å². The summed E-state index contributed by atoms with van der Waals surface area (Å²) in [7, 11) is 3.52. The first-order valence-corrected chi connectivity index (χ1v) is 12.2. The lowest BCUT2D eigenvalue weighted by atomic mass is 9.87. The van der Waals surface area contributed by atoms with Gasteiger partial charge in [-0.1, -0.05) is 18.2 Å². The number of rotatable bonds is 8. The molecule has 5 nitrogen and oxygen atoms in total. The number of pyridine rings is 1. The third-order valence-electron chi connectivity index (χ3n) is 7.16. The Labute approximate surface area is 201 Å². The van der Waals surface area contributed by atoms with Gasteiger partial charge in [-0.15, -0.1) is 0 Å². The van der Waals surface area contributed by atoms with Crippen LogP contribution in [0.2, 0.25) is 0 Å². The molecule has 0 radical (unpaired) electrons. The third-order valence-corrected chi connectivity index (χ3v) is 7.16. The van der Waals surface area contributed by atoms with Gasteiger partial charge in [0.25, 0.3) is 0 Å². The third kappa shape index (κ3) is 4.93. The van der Waals surface area contributed by atoms with Gasteiger partial charge in [0.1, 0.15) is 5.75 Å². The summed E-state index contributed by atoms with van der Waals surface area (Å²) in [5.74, 6) is 1.94. The van der Waals surface area contributed by atoms with Crippen molar-refractivity contribution in [2.24, 2.45) is 5.92 Å². The van der Waals surface area contributed by atoms with Crippen LogP contribution in [0.1, 0.15) is 58.6 Å². The summed E-state index contributed by atoms with van der Waals surface area (Å²) < 4.78 is 11.0. The number of methoxy groups -OCH3 is 1. The maximum absolute atomic E-state index is 12.1. The van der Waals surface area contributed by atoms with Gasteiger partial charge in [0, 0.05) is 36.9 Å². The fourth-order valence-electron chi connectivity index (χ4n) is 4.89. The molecule has 1 fully saturated rings. The lowest BCUT2D eigenvalue weighted by Crippen LogP contribution is -2.17. The molecule has 3 aromatic rings. The number of ether oxygens (including phenoxy) is 2. The van der Waals surface area contributed by atoms with Crippen LogP contribution in [0.25, 0.3) is 0 Å². The average Bonchev–Trinajstić information content (AvgIpc) is 3.71. The second-order valence-electron chi connectivity index (χ2n) is 9.49. The highest BCUT2D eigenvalue weighted by atomic mass is 16.5. The van der Waals surface area contributed by atoms with E-state index in [0.717, 1.165) is 42.2 Å². The van der Waals surface area contributed by atoms with Gasteiger partial charge >= 0.3 is 5.97 Å². The van der Waals surface area contributed by atoms with E-state index in [1.165, 1.54) is 43.2 Å². The molecule has 0 amide bonds. The number of aryl methyl sites for hydroxylation is 1. The zero-order valence-electron chi connectivity index (χ0n) is 20.0. The summed E-state index contributed by atoms with van der Waals surface area (Å²) in [5, 5.41) is 0. The van der Waals surface area contributed by atoms with Gasteiger partial charge in [-0.2, -0.15) is 0 Å². The number of aromatic nitrogens is 1. The largest absolute Gasteiger partial charge is 0.493 e. The van der Waals surface area contributed by atoms with E-state index in [4.69, 9.17) is 9.47 Å². The highest BCUT2D eigenvalue weighted by molar-refractivity contribution is 5.90. The number of anilines is 2. The van der Waals surface area contributed by atoms with Crippen LogP contribution in [0, 0.1) is 5.92 Å². The molecule has 0 N–H and O–H groups in total. The number of hydrogen-bond donors (Lipinski definition) is 0. The lowest BCUT2D eigenvalue weighted by molar-refractivity contribution is 0.0599. The quantitative estimate of drug-likeness (QED) is 0.384. The summed E-state index contributed by atoms with van der Waals surface area (Å²) in [6.45, 7) is 0.706. The summed E-state index contributed by atoms with van der Waals surface area (Å²) >= 11 is 0. The average molecular weight is 457 g/mol. The van der Waals surface area contributed by atoms with E-state index in [0.29, 0.717) is 18.1 Å². The molecule has 34 heavy (non-hydrogen) atoms. The van der Waals surface area contributed by atoms with Crippen molar-refractivity contribution in [1.29, 1.82) is 0 Å². The van der Waals surface area contributed by atoms with E-state index in [2.05, 4.69) is 59.4 Å². The molecule has 0 unspecified atom stereocenters. The van der Waals surface area contributed by atoms with Crippen molar-refractivity contribution in [3.05, 3.63) is 83.2 Å². The molecule has 5 heteroatoms. The molecule has 5 rings (SSSR count). The van der Waals surface area contributed by atoms with Crippen LogP contribution in [0.15, 0.2) is 60.9 Å². The van der Waals surface area contributed by atoms with Crippen LogP contribution in [0.5, 0.6) is 5.75 Å². The molecule has 1 aromatic heterocycles. The Hall–Kier alpha value is -3.34. The van der Waals surface area contributed by atoms with E-state index >= 15 is 0 Å². The minimum atomic E-state index is -0.307. The number of nitrogens with zero attached hydrogens (tertiary/aromatic N) is 2. The Kier molecular flexibility index (Phi) is 6.52. The predicted octanol–water partition coefficient (Wildman–Crippen LogP) is 6.09. The second kappa shape index (κ2) is 9.88. The maximum Gasteiger partial charge on any atom is 0.338 e. The standard InChI is InChI=1S/C29H32N2O3/c1-31(24-9-5-21(6-10-24)17-20-3-4-20)25-11-12-26-22(14-16-34-28(26)18-25)7-8-23-19-30-15-13-27(23)29(32)33-2/h5-6,9-13,15,18-20,22H,3-4,7-8,14,16-17H2,1-2H3/t22-/m1/s1. The Morgan fingerprint density at radius 1 is 1.09 bits per heavy atom. The van der Waals surface area contributed by atoms with Crippen LogP contribution in [-0.2, 0) is 17.6 Å². The Balaban J connectivity index is 1.29. The number of esters is 1. The first-order valence-electron chi connectivity index (χ1n) is 12.2. The smallest absolute Gasteiger partial charge is 0.338 e. The zero-order chi connectivity index (χ0) is 23.5. The minimum absolute atomic E-state index is 0.307. The molecule has 0 bridgehead atoms. The molecular weight excluding hydrogens is 424 g/mol. The van der Waals surface area contributed by atoms with Gasteiger partial charge in [-0.05, 0) is 91.3 Å². The number of benzene rings is 2. The first-order chi connectivity index (χ1) is 16.6. The van der Waals surface area contributed by atoms with E-state index in [1.807, 2.05) is 0 Å². The van der Waals surface area contributed by atoms with Gasteiger partial charge in [-0.25, -0.2) is 4.79 Å². The summed E-state index contributed by atoms with van der Waals surface area (Å²) in [6, 6.07) is 17.2. The number of hydrogen-bond acceptors (Lipinski definition) is 5.